The van der Waals surface area contributed by atoms with Crippen LogP contribution in [0.4, 0.5) is 0 Å². The molecule has 0 bridgehead atoms. The Labute approximate surface area is 164 Å². The van der Waals surface area contributed by atoms with Gasteiger partial charge in [-0.15, -0.1) is 0 Å². The predicted octanol–water partition coefficient (Wildman–Crippen LogP) is 3.75. The molecule has 0 saturated carbocycles. The van der Waals surface area contributed by atoms with Gasteiger partial charge in [-0.05, 0) is 31.7 Å². The van der Waals surface area contributed by atoms with Crippen LogP contribution in [-0.2, 0) is 12.8 Å². The van der Waals surface area contributed by atoms with Gasteiger partial charge < -0.3 is 19.4 Å². The Balaban J connectivity index is 2.44. The van der Waals surface area contributed by atoms with Crippen molar-refractivity contribution < 1.29 is 24.2 Å². The molecule has 0 spiro atoms. The fourth-order valence-electron chi connectivity index (χ4n) is 3.75. The molecule has 0 fully saturated rings. The number of carbonyl (C=O) groups excluding carboxylic acids is 1. The van der Waals surface area contributed by atoms with Gasteiger partial charge in [0.05, 0.1) is 11.5 Å². The van der Waals surface area contributed by atoms with Gasteiger partial charge in [0.25, 0.3) is 0 Å². The van der Waals surface area contributed by atoms with Crippen LogP contribution >= 0.6 is 0 Å². The third kappa shape index (κ3) is 3.41. The molecule has 1 aromatic heterocycles. The first-order chi connectivity index (χ1) is 13.1. The summed E-state index contributed by atoms with van der Waals surface area (Å²) in [4.78, 5) is 25.3. The Morgan fingerprint density at radius 3 is 2.64 bits per heavy atom. The lowest BCUT2D eigenvalue weighted by Crippen LogP contribution is -2.46. The summed E-state index contributed by atoms with van der Waals surface area (Å²) in [6.07, 6.45) is 0.871. The zero-order valence-electron chi connectivity index (χ0n) is 17.1. The molecule has 1 unspecified atom stereocenters. The second-order valence-corrected chi connectivity index (χ2v) is 8.52. The largest absolute Gasteiger partial charge is 0.507 e. The number of phenols is 1. The SMILES string of the molecule is CCCc1cc(=O)oc2c(C(=O)CC(C)C)c3c(c(O)c12)CC(O)C(C)(C)O3. The smallest absolute Gasteiger partial charge is 0.336 e. The van der Waals surface area contributed by atoms with Crippen molar-refractivity contribution in [2.45, 2.75) is 72.0 Å². The van der Waals surface area contributed by atoms with E-state index in [1.54, 1.807) is 13.8 Å². The van der Waals surface area contributed by atoms with Crippen LogP contribution in [0.25, 0.3) is 11.0 Å². The van der Waals surface area contributed by atoms with Crippen molar-refractivity contribution >= 4 is 16.8 Å². The lowest BCUT2D eigenvalue weighted by molar-refractivity contribution is -0.0419. The minimum Gasteiger partial charge on any atom is -0.507 e. The van der Waals surface area contributed by atoms with Crippen molar-refractivity contribution in [3.05, 3.63) is 33.2 Å². The maximum Gasteiger partial charge on any atom is 0.336 e. The molecule has 2 N–H and O–H groups in total. The number of aryl methyl sites for hydroxylation is 1. The topological polar surface area (TPSA) is 97.0 Å². The highest BCUT2D eigenvalue weighted by molar-refractivity contribution is 6.11. The van der Waals surface area contributed by atoms with Crippen LogP contribution < -0.4 is 10.4 Å². The number of benzene rings is 1. The number of aliphatic hydroxyl groups is 1. The first-order valence-corrected chi connectivity index (χ1v) is 9.81. The molecule has 152 valence electrons. The fourth-order valence-corrected chi connectivity index (χ4v) is 3.75. The Kier molecular flexibility index (Phi) is 5.28. The number of phenolic OH excluding ortho intramolecular Hbond substituents is 1. The highest BCUT2D eigenvalue weighted by Gasteiger charge is 2.41. The molecule has 2 heterocycles. The van der Waals surface area contributed by atoms with Crippen LogP contribution in [0.3, 0.4) is 0 Å². The van der Waals surface area contributed by atoms with Crippen molar-refractivity contribution in [3.8, 4) is 11.5 Å². The molecule has 0 aliphatic carbocycles. The van der Waals surface area contributed by atoms with Crippen LogP contribution in [0.2, 0.25) is 0 Å². The van der Waals surface area contributed by atoms with Crippen LogP contribution in [0.5, 0.6) is 11.5 Å². The molecule has 28 heavy (non-hydrogen) atoms. The van der Waals surface area contributed by atoms with Crippen LogP contribution in [-0.4, -0.2) is 27.7 Å². The molecule has 1 aliphatic rings. The molecule has 6 nitrogen and oxygen atoms in total. The minimum atomic E-state index is -0.943. The average Bonchev–Trinajstić information content (AvgIpc) is 2.56. The summed E-state index contributed by atoms with van der Waals surface area (Å²) in [5.74, 6) is 0.00979. The Hall–Kier alpha value is -2.34. The highest BCUT2D eigenvalue weighted by atomic mass is 16.5. The van der Waals surface area contributed by atoms with E-state index in [1.807, 2.05) is 20.8 Å². The molecule has 1 atom stereocenters. The van der Waals surface area contributed by atoms with Gasteiger partial charge in [0.1, 0.15) is 22.7 Å². The summed E-state index contributed by atoms with van der Waals surface area (Å²) in [5, 5.41) is 21.8. The van der Waals surface area contributed by atoms with Gasteiger partial charge in [0.15, 0.2) is 11.4 Å². The summed E-state index contributed by atoms with van der Waals surface area (Å²) < 4.78 is 11.4. The normalized spacial score (nSPS) is 18.2. The van der Waals surface area contributed by atoms with Gasteiger partial charge >= 0.3 is 5.63 Å². The van der Waals surface area contributed by atoms with E-state index < -0.39 is 17.3 Å². The highest BCUT2D eigenvalue weighted by Crippen LogP contribution is 2.47. The van der Waals surface area contributed by atoms with Gasteiger partial charge in [0, 0.05) is 24.5 Å². The maximum atomic E-state index is 13.1. The van der Waals surface area contributed by atoms with Crippen molar-refractivity contribution in [2.75, 3.05) is 0 Å². The minimum absolute atomic E-state index is 0.0741. The van der Waals surface area contributed by atoms with Crippen LogP contribution in [0.1, 0.15) is 68.9 Å². The number of ketones is 1. The van der Waals surface area contributed by atoms with E-state index in [-0.39, 0.29) is 47.2 Å². The van der Waals surface area contributed by atoms with Crippen LogP contribution in [0.15, 0.2) is 15.3 Å². The third-order valence-corrected chi connectivity index (χ3v) is 5.25. The van der Waals surface area contributed by atoms with E-state index in [1.165, 1.54) is 6.07 Å². The molecule has 0 saturated heterocycles. The molecule has 3 rings (SSSR count). The molecule has 6 heteroatoms. The van der Waals surface area contributed by atoms with Crippen molar-refractivity contribution in [1.82, 2.24) is 0 Å². The fraction of sp³-hybridized carbons (Fsp3) is 0.545. The Morgan fingerprint density at radius 2 is 2.04 bits per heavy atom. The number of fused-ring (bicyclic) bond motifs is 2. The monoisotopic (exact) mass is 388 g/mol. The van der Waals surface area contributed by atoms with E-state index in [4.69, 9.17) is 9.15 Å². The van der Waals surface area contributed by atoms with Crippen molar-refractivity contribution in [3.63, 3.8) is 0 Å². The number of hydrogen-bond acceptors (Lipinski definition) is 6. The van der Waals surface area contributed by atoms with E-state index in [0.29, 0.717) is 22.9 Å². The summed E-state index contributed by atoms with van der Waals surface area (Å²) in [7, 11) is 0. The number of ether oxygens (including phenoxy) is 1. The number of aromatic hydroxyl groups is 1. The first-order valence-electron chi connectivity index (χ1n) is 9.81. The molecular formula is C22H28O6. The lowest BCUT2D eigenvalue weighted by atomic mass is 9.85. The molecular weight excluding hydrogens is 360 g/mol. The second-order valence-electron chi connectivity index (χ2n) is 8.52. The molecule has 1 aliphatic heterocycles. The maximum absolute atomic E-state index is 13.1. The summed E-state index contributed by atoms with van der Waals surface area (Å²) >= 11 is 0. The Morgan fingerprint density at radius 1 is 1.36 bits per heavy atom. The Bertz CT molecular complexity index is 983. The zero-order valence-corrected chi connectivity index (χ0v) is 17.1. The molecule has 1 aromatic carbocycles. The van der Waals surface area contributed by atoms with Gasteiger partial charge in [-0.3, -0.25) is 4.79 Å². The van der Waals surface area contributed by atoms with Gasteiger partial charge in [-0.25, -0.2) is 4.79 Å². The first kappa shape index (κ1) is 20.4. The molecule has 2 aromatic rings. The van der Waals surface area contributed by atoms with Crippen molar-refractivity contribution in [2.24, 2.45) is 5.92 Å². The second kappa shape index (κ2) is 7.24. The summed E-state index contributed by atoms with van der Waals surface area (Å²) in [5.41, 5.74) is -0.230. The number of carbonyl (C=O) groups is 1. The third-order valence-electron chi connectivity index (χ3n) is 5.25. The van der Waals surface area contributed by atoms with Gasteiger partial charge in [-0.2, -0.15) is 0 Å². The van der Waals surface area contributed by atoms with E-state index >= 15 is 0 Å². The number of aliphatic hydroxyl groups excluding tert-OH is 1. The van der Waals surface area contributed by atoms with E-state index in [0.717, 1.165) is 6.42 Å². The standard InChI is InChI=1S/C22H28O6/c1-6-7-12-9-16(25)27-21-17(12)19(26)13-10-15(24)22(4,5)28-20(13)18(21)14(23)8-11(2)3/h9,11,15,24,26H,6-8,10H2,1-5H3. The van der Waals surface area contributed by atoms with E-state index in [2.05, 4.69) is 0 Å². The van der Waals surface area contributed by atoms with E-state index in [9.17, 15) is 19.8 Å². The quantitative estimate of drug-likeness (QED) is 0.598. The van der Waals surface area contributed by atoms with Gasteiger partial charge in [-0.1, -0.05) is 27.2 Å². The zero-order chi connectivity index (χ0) is 20.8. The van der Waals surface area contributed by atoms with Gasteiger partial charge in [0.2, 0.25) is 0 Å². The molecule has 0 radical (unpaired) electrons. The van der Waals surface area contributed by atoms with Crippen LogP contribution in [0, 0.1) is 5.92 Å². The predicted molar refractivity (Wildman–Crippen MR) is 106 cm³/mol. The summed E-state index contributed by atoms with van der Waals surface area (Å²) in [6.45, 7) is 9.28. The number of rotatable bonds is 5. The number of hydrogen-bond donors (Lipinski definition) is 2. The summed E-state index contributed by atoms with van der Waals surface area (Å²) in [6, 6.07) is 1.36. The lowest BCUT2D eigenvalue weighted by Gasteiger charge is -2.38. The molecule has 0 amide bonds. The average molecular weight is 388 g/mol. The number of Topliss-reactive ketones (excluding diaryl/α,β-unsaturated/α-hetero) is 1. The van der Waals surface area contributed by atoms with Crippen molar-refractivity contribution in [1.29, 1.82) is 0 Å².